The van der Waals surface area contributed by atoms with Crippen LogP contribution in [-0.4, -0.2) is 42.2 Å². The third kappa shape index (κ3) is 5.94. The Balaban J connectivity index is 3.24. The minimum Gasteiger partial charge on any atom is -0.450 e. The van der Waals surface area contributed by atoms with Gasteiger partial charge in [-0.1, -0.05) is 0 Å². The summed E-state index contributed by atoms with van der Waals surface area (Å²) in [6, 6.07) is 0. The second-order valence-electron chi connectivity index (χ2n) is 2.27. The lowest BCUT2D eigenvalue weighted by molar-refractivity contribution is 0.0871. The van der Waals surface area contributed by atoms with Gasteiger partial charge in [0, 0.05) is 6.54 Å². The van der Waals surface area contributed by atoms with Gasteiger partial charge in [0.25, 0.3) is 0 Å². The molecule has 12 heavy (non-hydrogen) atoms. The normalized spacial score (nSPS) is 12.2. The van der Waals surface area contributed by atoms with Crippen molar-refractivity contribution in [1.29, 1.82) is 0 Å². The average molecular weight is 177 g/mol. The van der Waals surface area contributed by atoms with Crippen molar-refractivity contribution in [3.8, 4) is 0 Å². The highest BCUT2D eigenvalue weighted by molar-refractivity contribution is 5.66. The lowest BCUT2D eigenvalue weighted by Crippen LogP contribution is -2.28. The summed E-state index contributed by atoms with van der Waals surface area (Å²) < 4.78 is 4.56. The summed E-state index contributed by atoms with van der Waals surface area (Å²) in [5, 5.41) is 19.7. The van der Waals surface area contributed by atoms with Crippen LogP contribution in [0.1, 0.15) is 13.3 Å². The summed E-state index contributed by atoms with van der Waals surface area (Å²) in [4.78, 5) is 10.6. The highest BCUT2D eigenvalue weighted by Crippen LogP contribution is 1.87. The molecular weight excluding hydrogens is 162 g/mol. The Morgan fingerprint density at radius 2 is 2.33 bits per heavy atom. The number of alkyl carbamates (subject to hydrolysis) is 1. The van der Waals surface area contributed by atoms with E-state index in [1.165, 1.54) is 0 Å². The van der Waals surface area contributed by atoms with E-state index in [9.17, 15) is 4.79 Å². The largest absolute Gasteiger partial charge is 0.450 e. The number of ether oxygens (including phenoxy) is 1. The lowest BCUT2D eigenvalue weighted by Gasteiger charge is -2.07. The van der Waals surface area contributed by atoms with E-state index < -0.39 is 12.2 Å². The molecule has 0 rings (SSSR count). The molecule has 1 atom stereocenters. The first-order valence-corrected chi connectivity index (χ1v) is 3.90. The van der Waals surface area contributed by atoms with Crippen LogP contribution in [0.4, 0.5) is 4.79 Å². The third-order valence-corrected chi connectivity index (χ3v) is 1.23. The Labute approximate surface area is 71.3 Å². The maximum atomic E-state index is 10.6. The van der Waals surface area contributed by atoms with Crippen LogP contribution in [-0.2, 0) is 4.74 Å². The van der Waals surface area contributed by atoms with Gasteiger partial charge in [-0.25, -0.2) is 4.79 Å². The molecule has 72 valence electrons. The topological polar surface area (TPSA) is 78.8 Å². The van der Waals surface area contributed by atoms with Gasteiger partial charge in [-0.3, -0.25) is 0 Å². The van der Waals surface area contributed by atoms with Gasteiger partial charge in [0.2, 0.25) is 0 Å². The van der Waals surface area contributed by atoms with Crippen molar-refractivity contribution in [1.82, 2.24) is 5.32 Å². The minimum atomic E-state index is -0.771. The average Bonchev–Trinajstić information content (AvgIpc) is 2.04. The van der Waals surface area contributed by atoms with Crippen LogP contribution in [0.5, 0.6) is 0 Å². The zero-order valence-electron chi connectivity index (χ0n) is 7.12. The predicted octanol–water partition coefficient (Wildman–Crippen LogP) is -0.524. The van der Waals surface area contributed by atoms with Crippen LogP contribution >= 0.6 is 0 Å². The smallest absolute Gasteiger partial charge is 0.407 e. The summed E-state index contributed by atoms with van der Waals surface area (Å²) in [7, 11) is 0. The van der Waals surface area contributed by atoms with Crippen molar-refractivity contribution in [2.75, 3.05) is 19.8 Å². The molecule has 0 saturated heterocycles. The minimum absolute atomic E-state index is 0.287. The molecule has 0 spiro atoms. The highest BCUT2D eigenvalue weighted by atomic mass is 16.5. The van der Waals surface area contributed by atoms with Gasteiger partial charge >= 0.3 is 6.09 Å². The van der Waals surface area contributed by atoms with Crippen LogP contribution in [0, 0.1) is 0 Å². The molecule has 0 bridgehead atoms. The highest BCUT2D eigenvalue weighted by Gasteiger charge is 2.03. The number of aliphatic hydroxyl groups excluding tert-OH is 2. The molecule has 0 aromatic rings. The van der Waals surface area contributed by atoms with Gasteiger partial charge in [-0.2, -0.15) is 0 Å². The molecule has 0 saturated carbocycles. The fourth-order valence-electron chi connectivity index (χ4n) is 0.614. The second-order valence-corrected chi connectivity index (χ2v) is 2.27. The first kappa shape index (κ1) is 11.2. The van der Waals surface area contributed by atoms with Crippen LogP contribution in [0.3, 0.4) is 0 Å². The Morgan fingerprint density at radius 3 is 2.83 bits per heavy atom. The van der Waals surface area contributed by atoms with Gasteiger partial charge in [-0.05, 0) is 13.3 Å². The molecule has 3 N–H and O–H groups in total. The summed E-state index contributed by atoms with van der Waals surface area (Å²) in [6.45, 7) is 2.06. The number of hydrogen-bond donors (Lipinski definition) is 3. The number of carbonyl (C=O) groups is 1. The van der Waals surface area contributed by atoms with E-state index in [1.54, 1.807) is 6.92 Å². The van der Waals surface area contributed by atoms with E-state index in [0.29, 0.717) is 19.6 Å². The van der Waals surface area contributed by atoms with Gasteiger partial charge < -0.3 is 20.3 Å². The second kappa shape index (κ2) is 6.87. The third-order valence-electron chi connectivity index (χ3n) is 1.23. The van der Waals surface area contributed by atoms with Crippen molar-refractivity contribution in [2.45, 2.75) is 19.4 Å². The molecule has 1 unspecified atom stereocenters. The van der Waals surface area contributed by atoms with Gasteiger partial charge in [-0.15, -0.1) is 0 Å². The standard InChI is InChI=1S/C7H15NO4/c1-2-12-7(11)8-4-3-6(10)5-9/h6,9-10H,2-5H2,1H3,(H,8,11). The molecule has 0 aromatic heterocycles. The van der Waals surface area contributed by atoms with Crippen molar-refractivity contribution < 1.29 is 19.7 Å². The SMILES string of the molecule is CCOC(=O)NCCC(O)CO. The first-order valence-electron chi connectivity index (χ1n) is 3.90. The van der Waals surface area contributed by atoms with E-state index in [2.05, 4.69) is 10.1 Å². The summed E-state index contributed by atoms with van der Waals surface area (Å²) in [6.07, 6.45) is -0.940. The zero-order chi connectivity index (χ0) is 9.40. The van der Waals surface area contributed by atoms with Gasteiger partial charge in [0.05, 0.1) is 19.3 Å². The predicted molar refractivity (Wildman–Crippen MR) is 42.7 cm³/mol. The Morgan fingerprint density at radius 1 is 1.67 bits per heavy atom. The lowest BCUT2D eigenvalue weighted by atomic mass is 10.3. The zero-order valence-corrected chi connectivity index (χ0v) is 7.12. The molecule has 0 fully saturated rings. The number of nitrogens with one attached hydrogen (secondary N) is 1. The number of carbonyl (C=O) groups excluding carboxylic acids is 1. The van der Waals surface area contributed by atoms with Gasteiger partial charge in [0.15, 0.2) is 0 Å². The van der Waals surface area contributed by atoms with E-state index in [1.807, 2.05) is 0 Å². The Kier molecular flexibility index (Phi) is 6.41. The molecule has 0 aliphatic heterocycles. The van der Waals surface area contributed by atoms with Crippen LogP contribution in [0.15, 0.2) is 0 Å². The van der Waals surface area contributed by atoms with Crippen LogP contribution < -0.4 is 5.32 Å². The summed E-state index contributed by atoms with van der Waals surface area (Å²) in [5.41, 5.74) is 0. The quantitative estimate of drug-likeness (QED) is 0.527. The molecule has 0 aliphatic rings. The summed E-state index contributed by atoms with van der Waals surface area (Å²) >= 11 is 0. The number of amides is 1. The van der Waals surface area contributed by atoms with Crippen LogP contribution in [0.25, 0.3) is 0 Å². The number of hydrogen-bond acceptors (Lipinski definition) is 4. The van der Waals surface area contributed by atoms with Crippen molar-refractivity contribution in [3.63, 3.8) is 0 Å². The van der Waals surface area contributed by atoms with Crippen LogP contribution in [0.2, 0.25) is 0 Å². The van der Waals surface area contributed by atoms with E-state index in [0.717, 1.165) is 0 Å². The van der Waals surface area contributed by atoms with E-state index in [4.69, 9.17) is 10.2 Å². The molecule has 0 aliphatic carbocycles. The van der Waals surface area contributed by atoms with Crippen molar-refractivity contribution >= 4 is 6.09 Å². The molecule has 5 heteroatoms. The fraction of sp³-hybridized carbons (Fsp3) is 0.857. The van der Waals surface area contributed by atoms with E-state index in [-0.39, 0.29) is 6.61 Å². The summed E-state index contributed by atoms with van der Waals surface area (Å²) in [5.74, 6) is 0. The Hall–Kier alpha value is -0.810. The molecule has 0 radical (unpaired) electrons. The molecule has 0 aromatic carbocycles. The molecular formula is C7H15NO4. The number of rotatable bonds is 5. The Bertz CT molecular complexity index is 129. The maximum Gasteiger partial charge on any atom is 0.407 e. The van der Waals surface area contributed by atoms with Crippen molar-refractivity contribution in [2.24, 2.45) is 0 Å². The number of aliphatic hydroxyl groups is 2. The fourth-order valence-corrected chi connectivity index (χ4v) is 0.614. The molecule has 0 heterocycles. The molecule has 5 nitrogen and oxygen atoms in total. The molecule has 1 amide bonds. The maximum absolute atomic E-state index is 10.6. The van der Waals surface area contributed by atoms with Crippen molar-refractivity contribution in [3.05, 3.63) is 0 Å². The monoisotopic (exact) mass is 177 g/mol. The van der Waals surface area contributed by atoms with E-state index >= 15 is 0 Å². The van der Waals surface area contributed by atoms with Gasteiger partial charge in [0.1, 0.15) is 0 Å². The first-order chi connectivity index (χ1) is 5.70.